The fourth-order valence-corrected chi connectivity index (χ4v) is 5.03. The van der Waals surface area contributed by atoms with Gasteiger partial charge in [-0.2, -0.15) is 0 Å². The maximum Gasteiger partial charge on any atom is 0.332 e. The number of imidazole rings is 1. The molecule has 4 rings (SSSR count). The number of fused-ring (bicyclic) bond motifs is 3. The molecule has 0 aromatic carbocycles. The third kappa shape index (κ3) is 2.75. The third-order valence-corrected chi connectivity index (χ3v) is 6.14. The van der Waals surface area contributed by atoms with Crippen molar-refractivity contribution in [2.24, 2.45) is 17.8 Å². The SMILES string of the molecule is CCCn1c(=O)c2[nH]c(CC3CC4CCC3C4)nc2n(CCC)c1=O. The Labute approximate surface area is 147 Å². The van der Waals surface area contributed by atoms with E-state index in [9.17, 15) is 9.59 Å². The van der Waals surface area contributed by atoms with E-state index in [1.165, 1.54) is 30.3 Å². The summed E-state index contributed by atoms with van der Waals surface area (Å²) >= 11 is 0. The van der Waals surface area contributed by atoms with Crippen LogP contribution >= 0.6 is 0 Å². The molecule has 136 valence electrons. The van der Waals surface area contributed by atoms with Gasteiger partial charge in [0.05, 0.1) is 0 Å². The van der Waals surface area contributed by atoms with E-state index in [0.29, 0.717) is 30.2 Å². The van der Waals surface area contributed by atoms with Gasteiger partial charge >= 0.3 is 5.69 Å². The summed E-state index contributed by atoms with van der Waals surface area (Å²) in [5.41, 5.74) is 0.599. The normalized spacial score (nSPS) is 25.3. The van der Waals surface area contributed by atoms with Crippen LogP contribution in [-0.4, -0.2) is 19.1 Å². The van der Waals surface area contributed by atoms with E-state index in [-0.39, 0.29) is 11.2 Å². The molecule has 3 unspecified atom stereocenters. The monoisotopic (exact) mass is 344 g/mol. The van der Waals surface area contributed by atoms with Crippen LogP contribution in [0.15, 0.2) is 9.59 Å². The lowest BCUT2D eigenvalue weighted by molar-refractivity contribution is 0.327. The second kappa shape index (κ2) is 6.46. The highest BCUT2D eigenvalue weighted by Gasteiger charge is 2.39. The van der Waals surface area contributed by atoms with Crippen molar-refractivity contribution in [1.29, 1.82) is 0 Å². The Hall–Kier alpha value is -1.85. The van der Waals surface area contributed by atoms with Gasteiger partial charge < -0.3 is 4.98 Å². The van der Waals surface area contributed by atoms with Crippen molar-refractivity contribution in [3.8, 4) is 0 Å². The molecule has 0 aliphatic heterocycles. The molecular formula is C19H28N4O2. The molecule has 2 aliphatic carbocycles. The van der Waals surface area contributed by atoms with Crippen LogP contribution < -0.4 is 11.2 Å². The first-order valence-corrected chi connectivity index (χ1v) is 9.84. The highest BCUT2D eigenvalue weighted by atomic mass is 16.2. The topological polar surface area (TPSA) is 72.7 Å². The van der Waals surface area contributed by atoms with Crippen molar-refractivity contribution in [3.63, 3.8) is 0 Å². The molecule has 0 saturated heterocycles. The standard InChI is InChI=1S/C19H28N4O2/c1-3-7-22-17-16(18(24)23(8-4-2)19(22)25)20-15(21-17)11-14-10-12-5-6-13(14)9-12/h12-14H,3-11H2,1-2H3,(H,20,21). The van der Waals surface area contributed by atoms with Gasteiger partial charge in [0.2, 0.25) is 0 Å². The maximum atomic E-state index is 12.8. The minimum atomic E-state index is -0.223. The van der Waals surface area contributed by atoms with Crippen molar-refractivity contribution in [1.82, 2.24) is 19.1 Å². The minimum Gasteiger partial charge on any atom is -0.336 e. The first kappa shape index (κ1) is 16.6. The van der Waals surface area contributed by atoms with Crippen LogP contribution in [0.2, 0.25) is 0 Å². The summed E-state index contributed by atoms with van der Waals surface area (Å²) in [7, 11) is 0. The van der Waals surface area contributed by atoms with E-state index in [1.54, 1.807) is 4.57 Å². The second-order valence-corrected chi connectivity index (χ2v) is 7.91. The van der Waals surface area contributed by atoms with Crippen molar-refractivity contribution in [3.05, 3.63) is 26.7 Å². The lowest BCUT2D eigenvalue weighted by atomic mass is 9.86. The number of hydrogen-bond donors (Lipinski definition) is 1. The molecule has 3 atom stereocenters. The van der Waals surface area contributed by atoms with Gasteiger partial charge in [-0.25, -0.2) is 9.78 Å². The Morgan fingerprint density at radius 1 is 1.08 bits per heavy atom. The predicted molar refractivity (Wildman–Crippen MR) is 97.8 cm³/mol. The zero-order valence-corrected chi connectivity index (χ0v) is 15.3. The van der Waals surface area contributed by atoms with Gasteiger partial charge in [0.1, 0.15) is 11.3 Å². The van der Waals surface area contributed by atoms with E-state index in [0.717, 1.165) is 36.9 Å². The minimum absolute atomic E-state index is 0.221. The predicted octanol–water partition coefficient (Wildman–Crippen LogP) is 2.69. The van der Waals surface area contributed by atoms with Gasteiger partial charge in [-0.1, -0.05) is 20.3 Å². The van der Waals surface area contributed by atoms with Crippen LogP contribution in [0.3, 0.4) is 0 Å². The van der Waals surface area contributed by atoms with E-state index in [1.807, 2.05) is 13.8 Å². The number of aromatic amines is 1. The Balaban J connectivity index is 1.75. The van der Waals surface area contributed by atoms with Crippen LogP contribution in [0.4, 0.5) is 0 Å². The lowest BCUT2D eigenvalue weighted by Crippen LogP contribution is -2.40. The molecule has 2 saturated carbocycles. The third-order valence-electron chi connectivity index (χ3n) is 6.14. The van der Waals surface area contributed by atoms with Crippen LogP contribution in [0, 0.1) is 17.8 Å². The number of nitrogens with zero attached hydrogens (tertiary/aromatic N) is 3. The second-order valence-electron chi connectivity index (χ2n) is 7.91. The summed E-state index contributed by atoms with van der Waals surface area (Å²) in [6.45, 7) is 5.07. The molecule has 0 amide bonds. The molecule has 1 N–H and O–H groups in total. The number of aromatic nitrogens is 4. The fourth-order valence-electron chi connectivity index (χ4n) is 5.03. The highest BCUT2D eigenvalue weighted by molar-refractivity contribution is 5.69. The highest BCUT2D eigenvalue weighted by Crippen LogP contribution is 2.49. The van der Waals surface area contributed by atoms with Crippen LogP contribution in [0.25, 0.3) is 11.2 Å². The quantitative estimate of drug-likeness (QED) is 0.875. The smallest absolute Gasteiger partial charge is 0.332 e. The van der Waals surface area contributed by atoms with Crippen LogP contribution in [-0.2, 0) is 19.5 Å². The van der Waals surface area contributed by atoms with Gasteiger partial charge in [-0.3, -0.25) is 13.9 Å². The Kier molecular flexibility index (Phi) is 4.29. The molecule has 2 bridgehead atoms. The van der Waals surface area contributed by atoms with E-state index < -0.39 is 0 Å². The molecule has 2 fully saturated rings. The zero-order valence-electron chi connectivity index (χ0n) is 15.3. The van der Waals surface area contributed by atoms with Gasteiger partial charge in [-0.15, -0.1) is 0 Å². The lowest BCUT2D eigenvalue weighted by Gasteiger charge is -2.20. The molecule has 2 heterocycles. The maximum absolute atomic E-state index is 12.8. The molecule has 2 aromatic rings. The van der Waals surface area contributed by atoms with Gasteiger partial charge in [0, 0.05) is 19.5 Å². The molecule has 0 spiro atoms. The Bertz CT molecular complexity index is 891. The first-order valence-electron chi connectivity index (χ1n) is 9.84. The number of aryl methyl sites for hydroxylation is 1. The zero-order chi connectivity index (χ0) is 17.6. The first-order chi connectivity index (χ1) is 12.1. The van der Waals surface area contributed by atoms with Crippen molar-refractivity contribution in [2.75, 3.05) is 0 Å². The van der Waals surface area contributed by atoms with E-state index >= 15 is 0 Å². The Morgan fingerprint density at radius 3 is 2.48 bits per heavy atom. The van der Waals surface area contributed by atoms with Gasteiger partial charge in [-0.05, 0) is 49.9 Å². The van der Waals surface area contributed by atoms with Gasteiger partial charge in [0.15, 0.2) is 5.65 Å². The molecular weight excluding hydrogens is 316 g/mol. The summed E-state index contributed by atoms with van der Waals surface area (Å²) in [5, 5.41) is 0. The summed E-state index contributed by atoms with van der Waals surface area (Å²) in [6, 6.07) is 0. The summed E-state index contributed by atoms with van der Waals surface area (Å²) in [5.74, 6) is 3.29. The van der Waals surface area contributed by atoms with Crippen LogP contribution in [0.1, 0.15) is 58.2 Å². The molecule has 0 radical (unpaired) electrons. The van der Waals surface area contributed by atoms with Crippen LogP contribution in [0.5, 0.6) is 0 Å². The average molecular weight is 344 g/mol. The molecule has 6 heteroatoms. The van der Waals surface area contributed by atoms with E-state index in [2.05, 4.69) is 4.98 Å². The van der Waals surface area contributed by atoms with Crippen molar-refractivity contribution < 1.29 is 0 Å². The summed E-state index contributed by atoms with van der Waals surface area (Å²) in [4.78, 5) is 33.4. The number of hydrogen-bond acceptors (Lipinski definition) is 3. The summed E-state index contributed by atoms with van der Waals surface area (Å²) < 4.78 is 3.03. The molecule has 2 aliphatic rings. The fraction of sp³-hybridized carbons (Fsp3) is 0.737. The number of rotatable bonds is 6. The van der Waals surface area contributed by atoms with Gasteiger partial charge in [0.25, 0.3) is 5.56 Å². The largest absolute Gasteiger partial charge is 0.336 e. The molecule has 6 nitrogen and oxygen atoms in total. The number of nitrogens with one attached hydrogen (secondary N) is 1. The van der Waals surface area contributed by atoms with Crippen molar-refractivity contribution in [2.45, 2.75) is 71.9 Å². The van der Waals surface area contributed by atoms with E-state index in [4.69, 9.17) is 4.98 Å². The Morgan fingerprint density at radius 2 is 1.84 bits per heavy atom. The number of H-pyrrole nitrogens is 1. The summed E-state index contributed by atoms with van der Waals surface area (Å²) in [6.07, 6.45) is 7.91. The average Bonchev–Trinajstić information content (AvgIpc) is 3.31. The van der Waals surface area contributed by atoms with Crippen molar-refractivity contribution >= 4 is 11.2 Å². The molecule has 2 aromatic heterocycles. The molecule has 25 heavy (non-hydrogen) atoms.